The minimum atomic E-state index is -0.473. The number of halogens is 4. The van der Waals surface area contributed by atoms with Crippen molar-refractivity contribution in [3.05, 3.63) is 83.1 Å². The molecule has 2 fully saturated rings. The molecule has 2 aliphatic heterocycles. The van der Waals surface area contributed by atoms with Crippen LogP contribution in [0.3, 0.4) is 0 Å². The highest BCUT2D eigenvalue weighted by Gasteiger charge is 2.27. The third-order valence-electron chi connectivity index (χ3n) is 7.04. The Balaban J connectivity index is 0.00000231. The zero-order valence-corrected chi connectivity index (χ0v) is 24.0. The normalized spacial score (nSPS) is 16.5. The van der Waals surface area contributed by atoms with Crippen molar-refractivity contribution >= 4 is 36.6 Å². The molecule has 0 aliphatic carbocycles. The van der Waals surface area contributed by atoms with Crippen molar-refractivity contribution < 1.29 is 23.1 Å². The summed E-state index contributed by atoms with van der Waals surface area (Å²) in [5.74, 6) is -0.931. The van der Waals surface area contributed by atoms with Crippen molar-refractivity contribution in [3.63, 3.8) is 0 Å². The lowest BCUT2D eigenvalue weighted by Crippen LogP contribution is -2.50. The Morgan fingerprint density at radius 3 is 2.20 bits per heavy atom. The minimum absolute atomic E-state index is 0. The first-order valence-electron chi connectivity index (χ1n) is 13.1. The number of benzene rings is 2. The number of ether oxygens (including phenoxy) is 1. The third kappa shape index (κ3) is 7.71. The number of piperazine rings is 1. The maximum atomic E-state index is 14.0. The number of nitrogens with two attached hydrogens (primary N) is 1. The number of pyridine rings is 1. The number of nitrogens with one attached hydrogen (secondary N) is 1. The number of carbonyl (C=O) groups is 2. The number of hydrogen-bond donors (Lipinski definition) is 2. The van der Waals surface area contributed by atoms with Crippen LogP contribution in [-0.4, -0.2) is 78.5 Å². The maximum absolute atomic E-state index is 14.0. The highest BCUT2D eigenvalue weighted by atomic mass is 35.5. The van der Waals surface area contributed by atoms with Crippen LogP contribution < -0.4 is 15.8 Å². The van der Waals surface area contributed by atoms with E-state index in [1.165, 1.54) is 30.5 Å². The second-order valence-electron chi connectivity index (χ2n) is 9.79. The molecule has 0 spiro atoms. The quantitative estimate of drug-likeness (QED) is 0.425. The van der Waals surface area contributed by atoms with Crippen LogP contribution in [0.5, 0.6) is 5.88 Å². The second-order valence-corrected chi connectivity index (χ2v) is 9.79. The first-order valence-corrected chi connectivity index (χ1v) is 13.1. The van der Waals surface area contributed by atoms with Crippen molar-refractivity contribution in [1.29, 1.82) is 0 Å². The fourth-order valence-corrected chi connectivity index (χ4v) is 4.95. The first-order chi connectivity index (χ1) is 18.9. The SMILES string of the molecule is Cl.Cl.NCCc1cc(F)cc(C(=O)N2CCN(C(=O)c3cnc(O[C@H]4CCNC4)c(-c4ccc(F)cc4)c3)CC2)c1. The predicted molar refractivity (Wildman–Crippen MR) is 157 cm³/mol. The van der Waals surface area contributed by atoms with E-state index in [1.54, 1.807) is 34.1 Å². The van der Waals surface area contributed by atoms with Crippen LogP contribution in [0, 0.1) is 11.6 Å². The van der Waals surface area contributed by atoms with Gasteiger partial charge in [0.05, 0.1) is 5.56 Å². The number of aromatic nitrogens is 1. The van der Waals surface area contributed by atoms with Crippen molar-refractivity contribution in [2.75, 3.05) is 45.8 Å². The standard InChI is InChI=1S/C29H31F2N5O3.2ClH/c30-23-3-1-20(2-4-23)26-16-22(17-34-27(26)39-25-6-8-33-18-25)29(38)36-11-9-35(10-12-36)28(37)21-13-19(5-7-32)14-24(31)15-21;;/h1-4,13-17,25,33H,5-12,18,32H2;2*1H/t25-;;/m0../s1. The van der Waals surface area contributed by atoms with E-state index in [9.17, 15) is 18.4 Å². The molecule has 220 valence electrons. The summed E-state index contributed by atoms with van der Waals surface area (Å²) in [5.41, 5.74) is 8.22. The molecule has 1 aromatic heterocycles. The summed E-state index contributed by atoms with van der Waals surface area (Å²) in [7, 11) is 0. The zero-order chi connectivity index (χ0) is 27.4. The minimum Gasteiger partial charge on any atom is -0.473 e. The molecule has 41 heavy (non-hydrogen) atoms. The van der Waals surface area contributed by atoms with Crippen molar-refractivity contribution in [1.82, 2.24) is 20.1 Å². The molecule has 2 saturated heterocycles. The van der Waals surface area contributed by atoms with E-state index in [0.29, 0.717) is 73.8 Å². The van der Waals surface area contributed by atoms with Gasteiger partial charge in [0.15, 0.2) is 0 Å². The lowest BCUT2D eigenvalue weighted by atomic mass is 10.0. The molecule has 5 rings (SSSR count). The number of hydrogen-bond acceptors (Lipinski definition) is 6. The molecule has 1 atom stereocenters. The molecule has 3 aromatic rings. The van der Waals surface area contributed by atoms with Crippen LogP contribution in [0.2, 0.25) is 0 Å². The molecule has 0 saturated carbocycles. The van der Waals surface area contributed by atoms with Crippen molar-refractivity contribution in [2.24, 2.45) is 5.73 Å². The fourth-order valence-electron chi connectivity index (χ4n) is 4.95. The molecule has 0 bridgehead atoms. The molecule has 8 nitrogen and oxygen atoms in total. The third-order valence-corrected chi connectivity index (χ3v) is 7.04. The maximum Gasteiger partial charge on any atom is 0.255 e. The number of carbonyl (C=O) groups excluding carboxylic acids is 2. The van der Waals surface area contributed by atoms with Crippen LogP contribution in [0.25, 0.3) is 11.1 Å². The average molecular weight is 609 g/mol. The van der Waals surface area contributed by atoms with Crippen molar-refractivity contribution in [3.8, 4) is 17.0 Å². The molecule has 2 amide bonds. The van der Waals surface area contributed by atoms with E-state index < -0.39 is 5.82 Å². The van der Waals surface area contributed by atoms with Gasteiger partial charge in [0.2, 0.25) is 5.88 Å². The van der Waals surface area contributed by atoms with Gasteiger partial charge in [-0.25, -0.2) is 13.8 Å². The van der Waals surface area contributed by atoms with Gasteiger partial charge in [-0.3, -0.25) is 9.59 Å². The van der Waals surface area contributed by atoms with Gasteiger partial charge < -0.3 is 25.6 Å². The Bertz CT molecular complexity index is 1350. The van der Waals surface area contributed by atoms with Gasteiger partial charge in [-0.1, -0.05) is 12.1 Å². The molecule has 2 aliphatic rings. The Morgan fingerprint density at radius 2 is 1.59 bits per heavy atom. The van der Waals surface area contributed by atoms with E-state index in [0.717, 1.165) is 13.0 Å². The van der Waals surface area contributed by atoms with Gasteiger partial charge in [0.1, 0.15) is 17.7 Å². The number of nitrogens with zero attached hydrogens (tertiary/aromatic N) is 3. The average Bonchev–Trinajstić information content (AvgIpc) is 3.46. The van der Waals surface area contributed by atoms with Crippen LogP contribution in [0.15, 0.2) is 54.7 Å². The Hall–Kier alpha value is -3.31. The van der Waals surface area contributed by atoms with Crippen LogP contribution >= 0.6 is 24.8 Å². The topological polar surface area (TPSA) is 101 Å². The molecule has 12 heteroatoms. The van der Waals surface area contributed by atoms with E-state index >= 15 is 0 Å². The molecule has 3 N–H and O–H groups in total. The van der Waals surface area contributed by atoms with Crippen LogP contribution in [0.1, 0.15) is 32.7 Å². The summed E-state index contributed by atoms with van der Waals surface area (Å²) in [4.78, 5) is 34.2. The van der Waals surface area contributed by atoms with E-state index in [1.807, 2.05) is 0 Å². The van der Waals surface area contributed by atoms with Gasteiger partial charge in [-0.15, -0.1) is 24.8 Å². The predicted octanol–water partition coefficient (Wildman–Crippen LogP) is 3.71. The van der Waals surface area contributed by atoms with E-state index in [-0.39, 0.29) is 54.1 Å². The molecule has 0 unspecified atom stereocenters. The summed E-state index contributed by atoms with van der Waals surface area (Å²) in [5, 5.41) is 3.25. The molecule has 0 radical (unpaired) electrons. The van der Waals surface area contributed by atoms with Gasteiger partial charge in [-0.05, 0) is 73.5 Å². The monoisotopic (exact) mass is 607 g/mol. The first kappa shape index (κ1) is 32.2. The lowest BCUT2D eigenvalue weighted by Gasteiger charge is -2.35. The highest BCUT2D eigenvalue weighted by molar-refractivity contribution is 5.97. The van der Waals surface area contributed by atoms with Gasteiger partial charge in [-0.2, -0.15) is 0 Å². The summed E-state index contributed by atoms with van der Waals surface area (Å²) < 4.78 is 33.7. The van der Waals surface area contributed by atoms with Gasteiger partial charge >= 0.3 is 0 Å². The number of rotatable bonds is 7. The molecule has 2 aromatic carbocycles. The molecule has 3 heterocycles. The summed E-state index contributed by atoms with van der Waals surface area (Å²) in [6.45, 7) is 3.22. The summed E-state index contributed by atoms with van der Waals surface area (Å²) in [6.07, 6.45) is 2.79. The lowest BCUT2D eigenvalue weighted by molar-refractivity contribution is 0.0535. The Kier molecular flexibility index (Phi) is 11.4. The molecular formula is C29H33Cl2F2N5O3. The van der Waals surface area contributed by atoms with Crippen LogP contribution in [-0.2, 0) is 6.42 Å². The molecular weight excluding hydrogens is 575 g/mol. The Morgan fingerprint density at radius 1 is 0.927 bits per heavy atom. The largest absolute Gasteiger partial charge is 0.473 e. The number of amides is 2. The summed E-state index contributed by atoms with van der Waals surface area (Å²) >= 11 is 0. The van der Waals surface area contributed by atoms with E-state index in [4.69, 9.17) is 10.5 Å². The van der Waals surface area contributed by atoms with Gasteiger partial charge in [0, 0.05) is 50.0 Å². The smallest absolute Gasteiger partial charge is 0.255 e. The zero-order valence-electron chi connectivity index (χ0n) is 22.4. The van der Waals surface area contributed by atoms with Gasteiger partial charge in [0.25, 0.3) is 11.8 Å². The van der Waals surface area contributed by atoms with Crippen LogP contribution in [0.4, 0.5) is 8.78 Å². The summed E-state index contributed by atoms with van der Waals surface area (Å²) in [6, 6.07) is 12.0. The fraction of sp³-hybridized carbons (Fsp3) is 0.345. The highest BCUT2D eigenvalue weighted by Crippen LogP contribution is 2.31. The van der Waals surface area contributed by atoms with Crippen molar-refractivity contribution in [2.45, 2.75) is 18.9 Å². The Labute approximate surface area is 250 Å². The van der Waals surface area contributed by atoms with E-state index in [2.05, 4.69) is 10.3 Å². The second kappa shape index (κ2) is 14.5.